The summed E-state index contributed by atoms with van der Waals surface area (Å²) in [5.74, 6) is 0.184. The van der Waals surface area contributed by atoms with E-state index in [0.717, 1.165) is 16.2 Å². The lowest BCUT2D eigenvalue weighted by Gasteiger charge is -2.32. The van der Waals surface area contributed by atoms with Crippen LogP contribution in [0.2, 0.25) is 0 Å². The van der Waals surface area contributed by atoms with Gasteiger partial charge >= 0.3 is 5.97 Å². The number of hydrogen-bond donors (Lipinski definition) is 1. The zero-order valence-corrected chi connectivity index (χ0v) is 10.9. The quantitative estimate of drug-likeness (QED) is 0.634. The Balaban J connectivity index is 4.29. The van der Waals surface area contributed by atoms with Crippen LogP contribution in [0.15, 0.2) is 0 Å². The van der Waals surface area contributed by atoms with Crippen LogP contribution in [-0.2, 0) is 4.79 Å². The summed E-state index contributed by atoms with van der Waals surface area (Å²) >= 11 is 1.69. The Hall–Kier alpha value is -0.00312. The number of carbonyl (C=O) groups is 1. The predicted molar refractivity (Wildman–Crippen MR) is 56.7 cm³/mol. The van der Waals surface area contributed by atoms with E-state index in [1.54, 1.807) is 18.7 Å². The van der Waals surface area contributed by atoms with E-state index in [4.69, 9.17) is 5.11 Å². The number of rotatable bonds is 5. The molecule has 0 bridgehead atoms. The lowest BCUT2D eigenvalue weighted by Crippen LogP contribution is -2.49. The molecule has 0 heterocycles. The van der Waals surface area contributed by atoms with Crippen molar-refractivity contribution in [2.45, 2.75) is 18.9 Å². The number of carboxylic acids is 1. The lowest BCUT2D eigenvalue weighted by molar-refractivity contribution is -0.147. The molecule has 3 nitrogen and oxygen atoms in total. The van der Waals surface area contributed by atoms with Crippen LogP contribution >= 0.6 is 11.8 Å². The van der Waals surface area contributed by atoms with Crippen LogP contribution in [0.25, 0.3) is 0 Å². The fraction of sp³-hybridized carbons (Fsp3) is 0.857. The molecular formula is C7H17NO2SSi. The van der Waals surface area contributed by atoms with Gasteiger partial charge in [0.2, 0.25) is 0 Å². The summed E-state index contributed by atoms with van der Waals surface area (Å²) in [5.41, 5.74) is -0.658. The van der Waals surface area contributed by atoms with Gasteiger partial charge in [0, 0.05) is 0 Å². The first-order valence-electron chi connectivity index (χ1n) is 3.85. The predicted octanol–water partition coefficient (Wildman–Crippen LogP) is -0.205. The van der Waals surface area contributed by atoms with Crippen LogP contribution in [-0.4, -0.2) is 50.6 Å². The van der Waals surface area contributed by atoms with Gasteiger partial charge in [-0.2, -0.15) is 11.8 Å². The monoisotopic (exact) mass is 207 g/mol. The molecule has 0 aromatic carbocycles. The third-order valence-corrected chi connectivity index (χ3v) is 3.84. The molecule has 0 fully saturated rings. The molecule has 0 amide bonds. The summed E-state index contributed by atoms with van der Waals surface area (Å²) in [6.45, 7) is 1.79. The zero-order valence-electron chi connectivity index (χ0n) is 8.13. The molecule has 0 spiro atoms. The number of carboxylic acid groups (broad SMARTS) is 1. The van der Waals surface area contributed by atoms with E-state index in [2.05, 4.69) is 0 Å². The minimum atomic E-state index is -0.714. The second-order valence-corrected chi connectivity index (χ2v) is 5.54. The number of nitrogens with zero attached hydrogens (tertiary/aromatic N) is 1. The van der Waals surface area contributed by atoms with Gasteiger partial charge in [0.15, 0.2) is 0 Å². The Labute approximate surface area is 81.0 Å². The van der Waals surface area contributed by atoms with E-state index >= 15 is 0 Å². The van der Waals surface area contributed by atoms with Gasteiger partial charge < -0.3 is 9.67 Å². The molecule has 0 radical (unpaired) electrons. The summed E-state index contributed by atoms with van der Waals surface area (Å²) in [6, 6.07) is 0. The maximum absolute atomic E-state index is 10.9. The van der Waals surface area contributed by atoms with E-state index < -0.39 is 11.5 Å². The number of aliphatic carboxylic acids is 1. The highest BCUT2D eigenvalue weighted by Crippen LogP contribution is 2.18. The van der Waals surface area contributed by atoms with Crippen LogP contribution in [0, 0.1) is 0 Å². The van der Waals surface area contributed by atoms with Gasteiger partial charge in [-0.15, -0.1) is 0 Å². The maximum atomic E-state index is 10.9. The van der Waals surface area contributed by atoms with Crippen molar-refractivity contribution in [3.8, 4) is 0 Å². The average Bonchev–Trinajstić information content (AvgIpc) is 1.99. The van der Waals surface area contributed by atoms with E-state index in [0.29, 0.717) is 6.42 Å². The molecule has 72 valence electrons. The first-order chi connectivity index (χ1) is 5.45. The third-order valence-electron chi connectivity index (χ3n) is 2.24. The second-order valence-electron chi connectivity index (χ2n) is 3.22. The molecule has 5 heteroatoms. The summed E-state index contributed by atoms with van der Waals surface area (Å²) < 4.78 is 1.89. The number of likely N-dealkylation sites (N-methyl/N-ethyl adjacent to an activating group) is 1. The minimum absolute atomic E-state index is 0.658. The number of hydrogen-bond acceptors (Lipinski definition) is 3. The Morgan fingerprint density at radius 1 is 1.75 bits per heavy atom. The highest BCUT2D eigenvalue weighted by molar-refractivity contribution is 7.98. The Morgan fingerprint density at radius 3 is 2.50 bits per heavy atom. The summed E-state index contributed by atoms with van der Waals surface area (Å²) in [6.07, 6.45) is 2.71. The Bertz CT molecular complexity index is 165. The van der Waals surface area contributed by atoms with Crippen molar-refractivity contribution in [2.75, 3.05) is 19.1 Å². The SMILES string of the molecule is CSCC[C@@](C)(C(=O)O)N(C)[SiH3]. The van der Waals surface area contributed by atoms with Gasteiger partial charge in [-0.05, 0) is 32.4 Å². The lowest BCUT2D eigenvalue weighted by atomic mass is 10.00. The highest BCUT2D eigenvalue weighted by Gasteiger charge is 2.34. The fourth-order valence-corrected chi connectivity index (χ4v) is 1.84. The smallest absolute Gasteiger partial charge is 0.323 e. The third kappa shape index (κ3) is 2.80. The first-order valence-corrected chi connectivity index (χ1v) is 6.13. The molecule has 0 aromatic heterocycles. The second kappa shape index (κ2) is 4.89. The van der Waals surface area contributed by atoms with Crippen molar-refractivity contribution in [2.24, 2.45) is 0 Å². The van der Waals surface area contributed by atoms with Gasteiger partial charge in [-0.25, -0.2) is 0 Å². The van der Waals surface area contributed by atoms with Crippen LogP contribution in [0.1, 0.15) is 13.3 Å². The van der Waals surface area contributed by atoms with Crippen LogP contribution < -0.4 is 0 Å². The first kappa shape index (κ1) is 12.0. The van der Waals surface area contributed by atoms with Crippen LogP contribution in [0.5, 0.6) is 0 Å². The zero-order chi connectivity index (χ0) is 9.78. The standard InChI is InChI=1S/C7H17NO2SSi/c1-7(6(9)10,8(2)12)4-5-11-3/h4-5H2,1-3,12H3,(H,9,10)/t7-/m0/s1. The van der Waals surface area contributed by atoms with Crippen molar-refractivity contribution < 1.29 is 9.90 Å². The molecule has 1 atom stereocenters. The van der Waals surface area contributed by atoms with E-state index in [9.17, 15) is 4.79 Å². The van der Waals surface area contributed by atoms with Crippen molar-refractivity contribution in [1.82, 2.24) is 4.57 Å². The minimum Gasteiger partial charge on any atom is -0.480 e. The topological polar surface area (TPSA) is 40.5 Å². The molecule has 0 saturated carbocycles. The van der Waals surface area contributed by atoms with Gasteiger partial charge in [0.1, 0.15) is 5.54 Å². The molecular weight excluding hydrogens is 190 g/mol. The van der Waals surface area contributed by atoms with Crippen molar-refractivity contribution in [1.29, 1.82) is 0 Å². The largest absolute Gasteiger partial charge is 0.480 e. The van der Waals surface area contributed by atoms with Crippen molar-refractivity contribution in [3.63, 3.8) is 0 Å². The summed E-state index contributed by atoms with van der Waals surface area (Å²) in [7, 11) is 2.65. The molecule has 0 unspecified atom stereocenters. The van der Waals surface area contributed by atoms with Crippen molar-refractivity contribution >= 4 is 28.1 Å². The van der Waals surface area contributed by atoms with Crippen LogP contribution in [0.3, 0.4) is 0 Å². The van der Waals surface area contributed by atoms with Gasteiger partial charge in [0.05, 0.1) is 10.4 Å². The fourth-order valence-electron chi connectivity index (χ4n) is 0.823. The molecule has 0 aliphatic rings. The molecule has 12 heavy (non-hydrogen) atoms. The molecule has 0 aliphatic heterocycles. The van der Waals surface area contributed by atoms with E-state index in [-0.39, 0.29) is 0 Å². The molecule has 1 N–H and O–H groups in total. The normalized spacial score (nSPS) is 16.3. The number of thioether (sulfide) groups is 1. The van der Waals surface area contributed by atoms with Crippen LogP contribution in [0.4, 0.5) is 0 Å². The van der Waals surface area contributed by atoms with Gasteiger partial charge in [-0.1, -0.05) is 0 Å². The van der Waals surface area contributed by atoms with Gasteiger partial charge in [0.25, 0.3) is 0 Å². The Kier molecular flexibility index (Phi) is 4.89. The molecule has 0 rings (SSSR count). The van der Waals surface area contributed by atoms with Gasteiger partial charge in [-0.3, -0.25) is 4.79 Å². The summed E-state index contributed by atoms with van der Waals surface area (Å²) in [4.78, 5) is 10.9. The molecule has 0 aliphatic carbocycles. The van der Waals surface area contributed by atoms with E-state index in [1.807, 2.05) is 17.9 Å². The summed E-state index contributed by atoms with van der Waals surface area (Å²) in [5, 5.41) is 9.00. The highest BCUT2D eigenvalue weighted by atomic mass is 32.2. The van der Waals surface area contributed by atoms with E-state index in [1.165, 1.54) is 0 Å². The molecule has 0 aromatic rings. The average molecular weight is 207 g/mol. The van der Waals surface area contributed by atoms with Crippen molar-refractivity contribution in [3.05, 3.63) is 0 Å². The molecule has 0 saturated heterocycles. The maximum Gasteiger partial charge on any atom is 0.323 e. The Morgan fingerprint density at radius 2 is 2.25 bits per heavy atom.